The van der Waals surface area contributed by atoms with Crippen LogP contribution in [0.3, 0.4) is 0 Å². The van der Waals surface area contributed by atoms with E-state index in [1.165, 1.54) is 0 Å². The van der Waals surface area contributed by atoms with Crippen molar-refractivity contribution in [3.05, 3.63) is 29.3 Å². The van der Waals surface area contributed by atoms with Gasteiger partial charge in [-0.3, -0.25) is 0 Å². The summed E-state index contributed by atoms with van der Waals surface area (Å²) in [5.41, 5.74) is 7.70. The van der Waals surface area contributed by atoms with Gasteiger partial charge >= 0.3 is 0 Å². The average molecular weight is 179 g/mol. The highest BCUT2D eigenvalue weighted by atomic mass is 16.5. The molecule has 70 valence electrons. The lowest BCUT2D eigenvalue weighted by molar-refractivity contribution is 0.159. The number of fused-ring (bicyclic) bond motifs is 1. The number of rotatable bonds is 1. The third kappa shape index (κ3) is 1.20. The van der Waals surface area contributed by atoms with Gasteiger partial charge in [-0.2, -0.15) is 0 Å². The topological polar surface area (TPSA) is 55.5 Å². The van der Waals surface area contributed by atoms with E-state index in [-0.39, 0.29) is 6.04 Å². The molecule has 0 amide bonds. The van der Waals surface area contributed by atoms with Gasteiger partial charge in [0.1, 0.15) is 5.75 Å². The Morgan fingerprint density at radius 3 is 3.00 bits per heavy atom. The number of aliphatic hydroxyl groups is 1. The minimum atomic E-state index is -0.537. The number of hydrogen-bond donors (Lipinski definition) is 2. The van der Waals surface area contributed by atoms with Crippen molar-refractivity contribution in [2.24, 2.45) is 5.73 Å². The van der Waals surface area contributed by atoms with Gasteiger partial charge in [-0.25, -0.2) is 0 Å². The van der Waals surface area contributed by atoms with Crippen molar-refractivity contribution in [2.45, 2.75) is 18.6 Å². The summed E-state index contributed by atoms with van der Waals surface area (Å²) in [6, 6.07) is 5.48. The van der Waals surface area contributed by atoms with Gasteiger partial charge in [0.25, 0.3) is 0 Å². The van der Waals surface area contributed by atoms with Crippen molar-refractivity contribution >= 4 is 0 Å². The van der Waals surface area contributed by atoms with Crippen LogP contribution in [-0.2, 0) is 6.42 Å². The van der Waals surface area contributed by atoms with Crippen LogP contribution in [0.15, 0.2) is 18.2 Å². The molecular weight excluding hydrogens is 166 g/mol. The summed E-state index contributed by atoms with van der Waals surface area (Å²) in [6.45, 7) is 0. The lowest BCUT2D eigenvalue weighted by atomic mass is 10.1. The zero-order valence-electron chi connectivity index (χ0n) is 7.53. The normalized spacial score (nSPS) is 25.8. The van der Waals surface area contributed by atoms with Crippen molar-refractivity contribution in [1.29, 1.82) is 0 Å². The Bertz CT molecular complexity index is 325. The first kappa shape index (κ1) is 8.53. The first-order chi connectivity index (χ1) is 6.24. The van der Waals surface area contributed by atoms with Gasteiger partial charge in [0.15, 0.2) is 0 Å². The molecule has 0 spiro atoms. The fraction of sp³-hybridized carbons (Fsp3) is 0.400. The second-order valence-electron chi connectivity index (χ2n) is 3.34. The fourth-order valence-electron chi connectivity index (χ4n) is 1.85. The van der Waals surface area contributed by atoms with Crippen LogP contribution in [0, 0.1) is 0 Å². The highest BCUT2D eigenvalue weighted by molar-refractivity contribution is 5.45. The largest absolute Gasteiger partial charge is 0.496 e. The Morgan fingerprint density at radius 2 is 2.31 bits per heavy atom. The molecule has 2 atom stereocenters. The van der Waals surface area contributed by atoms with E-state index < -0.39 is 6.10 Å². The predicted molar refractivity (Wildman–Crippen MR) is 49.6 cm³/mol. The number of nitrogens with two attached hydrogens (primary N) is 1. The maximum Gasteiger partial charge on any atom is 0.122 e. The van der Waals surface area contributed by atoms with E-state index in [2.05, 4.69) is 0 Å². The molecule has 1 aromatic rings. The molecule has 1 aliphatic carbocycles. The number of benzene rings is 1. The van der Waals surface area contributed by atoms with E-state index in [1.807, 2.05) is 18.2 Å². The Hall–Kier alpha value is -1.06. The van der Waals surface area contributed by atoms with E-state index in [1.54, 1.807) is 7.11 Å². The van der Waals surface area contributed by atoms with Gasteiger partial charge in [0, 0.05) is 11.6 Å². The zero-order valence-corrected chi connectivity index (χ0v) is 7.53. The zero-order chi connectivity index (χ0) is 9.42. The summed E-state index contributed by atoms with van der Waals surface area (Å²) in [7, 11) is 1.63. The Balaban J connectivity index is 2.49. The lowest BCUT2D eigenvalue weighted by Crippen LogP contribution is -2.24. The Morgan fingerprint density at radius 1 is 1.54 bits per heavy atom. The van der Waals surface area contributed by atoms with Gasteiger partial charge in [0.2, 0.25) is 0 Å². The van der Waals surface area contributed by atoms with Gasteiger partial charge < -0.3 is 15.6 Å². The number of ether oxygens (including phenoxy) is 1. The minimum absolute atomic E-state index is 0.189. The van der Waals surface area contributed by atoms with Crippen LogP contribution in [0.4, 0.5) is 0 Å². The van der Waals surface area contributed by atoms with E-state index in [0.717, 1.165) is 16.9 Å². The van der Waals surface area contributed by atoms with Crippen LogP contribution in [-0.4, -0.2) is 18.3 Å². The molecular formula is C10H13NO2. The van der Waals surface area contributed by atoms with Crippen molar-refractivity contribution in [3.63, 3.8) is 0 Å². The maximum atomic E-state index is 9.69. The molecule has 2 rings (SSSR count). The summed E-state index contributed by atoms with van der Waals surface area (Å²) in [5.74, 6) is 0.824. The molecule has 1 aromatic carbocycles. The summed E-state index contributed by atoms with van der Waals surface area (Å²) in [6.07, 6.45) is 0.158. The summed E-state index contributed by atoms with van der Waals surface area (Å²) < 4.78 is 5.19. The number of aliphatic hydroxyl groups excluding tert-OH is 1. The van der Waals surface area contributed by atoms with E-state index in [9.17, 15) is 5.11 Å². The van der Waals surface area contributed by atoms with Crippen molar-refractivity contribution < 1.29 is 9.84 Å². The Labute approximate surface area is 77.1 Å². The summed E-state index contributed by atoms with van der Waals surface area (Å²) in [5, 5.41) is 9.69. The SMILES string of the molecule is COc1cccc2c1CC(N)C2O. The van der Waals surface area contributed by atoms with Gasteiger partial charge in [-0.05, 0) is 18.1 Å². The summed E-state index contributed by atoms with van der Waals surface area (Å²) in [4.78, 5) is 0. The van der Waals surface area contributed by atoms with Gasteiger partial charge in [0.05, 0.1) is 13.2 Å². The first-order valence-electron chi connectivity index (χ1n) is 4.33. The van der Waals surface area contributed by atoms with Crippen LogP contribution in [0.1, 0.15) is 17.2 Å². The minimum Gasteiger partial charge on any atom is -0.496 e. The molecule has 3 nitrogen and oxygen atoms in total. The molecule has 3 N–H and O–H groups in total. The van der Waals surface area contributed by atoms with Crippen molar-refractivity contribution in [3.8, 4) is 5.75 Å². The molecule has 2 unspecified atom stereocenters. The number of hydrogen-bond acceptors (Lipinski definition) is 3. The van der Waals surface area contributed by atoms with Crippen LogP contribution in [0.25, 0.3) is 0 Å². The standard InChI is InChI=1S/C10H13NO2/c1-13-9-4-2-3-6-7(9)5-8(11)10(6)12/h2-4,8,10,12H,5,11H2,1H3. The molecule has 0 saturated heterocycles. The Kier molecular flexibility index (Phi) is 1.98. The predicted octanol–water partition coefficient (Wildman–Crippen LogP) is 0.612. The smallest absolute Gasteiger partial charge is 0.122 e. The third-order valence-corrected chi connectivity index (χ3v) is 2.55. The monoisotopic (exact) mass is 179 g/mol. The molecule has 0 bridgehead atoms. The fourth-order valence-corrected chi connectivity index (χ4v) is 1.85. The molecule has 0 aromatic heterocycles. The highest BCUT2D eigenvalue weighted by Gasteiger charge is 2.29. The quantitative estimate of drug-likeness (QED) is 0.664. The van der Waals surface area contributed by atoms with E-state index >= 15 is 0 Å². The van der Waals surface area contributed by atoms with Crippen molar-refractivity contribution in [1.82, 2.24) is 0 Å². The lowest BCUT2D eigenvalue weighted by Gasteiger charge is -2.08. The second kappa shape index (κ2) is 3.01. The van der Waals surface area contributed by atoms with Crippen LogP contribution in [0.2, 0.25) is 0 Å². The molecule has 13 heavy (non-hydrogen) atoms. The van der Waals surface area contributed by atoms with Crippen molar-refractivity contribution in [2.75, 3.05) is 7.11 Å². The summed E-state index contributed by atoms with van der Waals surface area (Å²) >= 11 is 0. The van der Waals surface area contributed by atoms with Crippen LogP contribution < -0.4 is 10.5 Å². The maximum absolute atomic E-state index is 9.69. The highest BCUT2D eigenvalue weighted by Crippen LogP contribution is 2.35. The van der Waals surface area contributed by atoms with E-state index in [4.69, 9.17) is 10.5 Å². The average Bonchev–Trinajstić information content (AvgIpc) is 2.43. The third-order valence-electron chi connectivity index (χ3n) is 2.55. The molecule has 0 fully saturated rings. The number of methoxy groups -OCH3 is 1. The molecule has 0 heterocycles. The van der Waals surface area contributed by atoms with Crippen LogP contribution >= 0.6 is 0 Å². The molecule has 0 saturated carbocycles. The molecule has 0 aliphatic heterocycles. The molecule has 3 heteroatoms. The first-order valence-corrected chi connectivity index (χ1v) is 4.33. The molecule has 0 radical (unpaired) electrons. The van der Waals surface area contributed by atoms with E-state index in [0.29, 0.717) is 6.42 Å². The van der Waals surface area contributed by atoms with Crippen LogP contribution in [0.5, 0.6) is 5.75 Å². The van der Waals surface area contributed by atoms with Gasteiger partial charge in [-0.15, -0.1) is 0 Å². The van der Waals surface area contributed by atoms with Gasteiger partial charge in [-0.1, -0.05) is 12.1 Å². The second-order valence-corrected chi connectivity index (χ2v) is 3.34. The molecule has 1 aliphatic rings.